The number of methoxy groups -OCH3 is 1. The van der Waals surface area contributed by atoms with Gasteiger partial charge in [0.05, 0.1) is 7.11 Å². The molecule has 0 amide bonds. The Bertz CT molecular complexity index is 420. The molecule has 1 saturated carbocycles. The molecule has 2 unspecified atom stereocenters. The van der Waals surface area contributed by atoms with Gasteiger partial charge in [0.1, 0.15) is 11.3 Å². The van der Waals surface area contributed by atoms with E-state index in [9.17, 15) is 5.11 Å². The van der Waals surface area contributed by atoms with Gasteiger partial charge in [0.2, 0.25) is 5.88 Å². The van der Waals surface area contributed by atoms with Gasteiger partial charge in [-0.05, 0) is 24.2 Å². The average Bonchev–Trinajstić information content (AvgIpc) is 2.48. The van der Waals surface area contributed by atoms with Gasteiger partial charge in [-0.3, -0.25) is 4.98 Å². The van der Waals surface area contributed by atoms with Gasteiger partial charge in [-0.1, -0.05) is 20.8 Å². The zero-order chi connectivity index (χ0) is 12.7. The number of rotatable bonds is 2. The highest BCUT2D eigenvalue weighted by atomic mass is 16.5. The lowest BCUT2D eigenvalue weighted by atomic mass is 9.87. The number of hydrogen-bond donors (Lipinski definition) is 1. The van der Waals surface area contributed by atoms with E-state index in [1.807, 2.05) is 0 Å². The fourth-order valence-corrected chi connectivity index (χ4v) is 3.06. The standard InChI is InChI=1S/C13H20N2O2/c1-9-7-12(2,3)8-13(9,16)10-11(17-4)15-6-5-14-10/h5-6,9,16H,7-8H2,1-4H3. The summed E-state index contributed by atoms with van der Waals surface area (Å²) < 4.78 is 5.21. The number of aromatic nitrogens is 2. The lowest BCUT2D eigenvalue weighted by molar-refractivity contribution is -0.00772. The molecule has 17 heavy (non-hydrogen) atoms. The maximum absolute atomic E-state index is 10.9. The zero-order valence-electron chi connectivity index (χ0n) is 10.9. The molecule has 2 atom stereocenters. The van der Waals surface area contributed by atoms with Gasteiger partial charge in [0.15, 0.2) is 0 Å². The Morgan fingerprint density at radius 2 is 2.00 bits per heavy atom. The number of hydrogen-bond acceptors (Lipinski definition) is 4. The Kier molecular flexibility index (Phi) is 2.86. The fraction of sp³-hybridized carbons (Fsp3) is 0.692. The topological polar surface area (TPSA) is 55.2 Å². The molecule has 0 radical (unpaired) electrons. The van der Waals surface area contributed by atoms with E-state index >= 15 is 0 Å². The van der Waals surface area contributed by atoms with Crippen molar-refractivity contribution in [3.63, 3.8) is 0 Å². The van der Waals surface area contributed by atoms with Crippen LogP contribution in [0.15, 0.2) is 12.4 Å². The molecule has 4 nitrogen and oxygen atoms in total. The normalized spacial score (nSPS) is 31.5. The van der Waals surface area contributed by atoms with E-state index in [2.05, 4.69) is 30.7 Å². The van der Waals surface area contributed by atoms with Crippen molar-refractivity contribution in [2.45, 2.75) is 39.2 Å². The molecule has 0 saturated heterocycles. The van der Waals surface area contributed by atoms with Crippen LogP contribution in [0.1, 0.15) is 39.3 Å². The second-order valence-corrected chi connectivity index (χ2v) is 5.78. The summed E-state index contributed by atoms with van der Waals surface area (Å²) in [6, 6.07) is 0. The zero-order valence-corrected chi connectivity index (χ0v) is 10.9. The minimum Gasteiger partial charge on any atom is -0.480 e. The van der Waals surface area contributed by atoms with E-state index in [1.54, 1.807) is 19.5 Å². The predicted octanol–water partition coefficient (Wildman–Crippen LogP) is 2.13. The summed E-state index contributed by atoms with van der Waals surface area (Å²) in [6.45, 7) is 6.40. The maximum Gasteiger partial charge on any atom is 0.238 e. The summed E-state index contributed by atoms with van der Waals surface area (Å²) in [7, 11) is 1.56. The van der Waals surface area contributed by atoms with Crippen molar-refractivity contribution in [2.24, 2.45) is 11.3 Å². The molecular weight excluding hydrogens is 216 g/mol. The van der Waals surface area contributed by atoms with Crippen LogP contribution in [0.4, 0.5) is 0 Å². The van der Waals surface area contributed by atoms with Gasteiger partial charge in [-0.2, -0.15) is 0 Å². The molecule has 4 heteroatoms. The number of nitrogens with zero attached hydrogens (tertiary/aromatic N) is 2. The molecule has 1 aliphatic rings. The Labute approximate surface area is 102 Å². The van der Waals surface area contributed by atoms with E-state index in [0.717, 1.165) is 6.42 Å². The molecule has 2 rings (SSSR count). The fourth-order valence-electron chi connectivity index (χ4n) is 3.06. The first-order valence-electron chi connectivity index (χ1n) is 5.97. The van der Waals surface area contributed by atoms with Crippen LogP contribution in [0.25, 0.3) is 0 Å². The highest BCUT2D eigenvalue weighted by molar-refractivity contribution is 5.27. The molecule has 0 spiro atoms. The minimum atomic E-state index is -0.927. The largest absolute Gasteiger partial charge is 0.480 e. The first-order valence-corrected chi connectivity index (χ1v) is 5.97. The Morgan fingerprint density at radius 1 is 1.35 bits per heavy atom. The van der Waals surface area contributed by atoms with Crippen LogP contribution in [0.2, 0.25) is 0 Å². The molecule has 1 N–H and O–H groups in total. The van der Waals surface area contributed by atoms with Gasteiger partial charge < -0.3 is 9.84 Å². The third kappa shape index (κ3) is 2.02. The van der Waals surface area contributed by atoms with Crippen LogP contribution in [0, 0.1) is 11.3 Å². The summed E-state index contributed by atoms with van der Waals surface area (Å²) >= 11 is 0. The Morgan fingerprint density at radius 3 is 2.53 bits per heavy atom. The SMILES string of the molecule is COc1nccnc1C1(O)CC(C)(C)CC1C. The second-order valence-electron chi connectivity index (χ2n) is 5.78. The molecule has 1 aromatic heterocycles. The molecule has 1 aromatic rings. The first kappa shape index (κ1) is 12.3. The summed E-state index contributed by atoms with van der Waals surface area (Å²) in [4.78, 5) is 8.41. The van der Waals surface area contributed by atoms with Crippen LogP contribution < -0.4 is 4.74 Å². The highest BCUT2D eigenvalue weighted by Crippen LogP contribution is 2.53. The van der Waals surface area contributed by atoms with E-state index in [-0.39, 0.29) is 11.3 Å². The molecular formula is C13H20N2O2. The molecule has 1 aliphatic carbocycles. The Hall–Kier alpha value is -1.16. The molecule has 0 aromatic carbocycles. The molecule has 1 fully saturated rings. The lowest BCUT2D eigenvalue weighted by Crippen LogP contribution is -2.31. The third-order valence-electron chi connectivity index (χ3n) is 3.69. The van der Waals surface area contributed by atoms with Crippen molar-refractivity contribution in [1.82, 2.24) is 9.97 Å². The lowest BCUT2D eigenvalue weighted by Gasteiger charge is -2.28. The molecule has 94 valence electrons. The van der Waals surface area contributed by atoms with Crippen LogP contribution in [0.3, 0.4) is 0 Å². The van der Waals surface area contributed by atoms with Crippen LogP contribution in [0.5, 0.6) is 5.88 Å². The molecule has 0 bridgehead atoms. The summed E-state index contributed by atoms with van der Waals surface area (Å²) in [6.07, 6.45) is 4.85. The maximum atomic E-state index is 10.9. The van der Waals surface area contributed by atoms with Crippen molar-refractivity contribution in [1.29, 1.82) is 0 Å². The van der Waals surface area contributed by atoms with E-state index in [0.29, 0.717) is 18.0 Å². The summed E-state index contributed by atoms with van der Waals surface area (Å²) in [5.41, 5.74) is -0.236. The highest BCUT2D eigenvalue weighted by Gasteiger charge is 2.51. The van der Waals surface area contributed by atoms with Crippen molar-refractivity contribution in [2.75, 3.05) is 7.11 Å². The predicted molar refractivity (Wildman–Crippen MR) is 64.7 cm³/mol. The van der Waals surface area contributed by atoms with Gasteiger partial charge >= 0.3 is 0 Å². The van der Waals surface area contributed by atoms with Crippen LogP contribution in [-0.4, -0.2) is 22.2 Å². The monoisotopic (exact) mass is 236 g/mol. The van der Waals surface area contributed by atoms with Gasteiger partial charge in [0.25, 0.3) is 0 Å². The van der Waals surface area contributed by atoms with Crippen LogP contribution >= 0.6 is 0 Å². The third-order valence-corrected chi connectivity index (χ3v) is 3.69. The van der Waals surface area contributed by atoms with Crippen molar-refractivity contribution in [3.05, 3.63) is 18.1 Å². The summed E-state index contributed by atoms with van der Waals surface area (Å²) in [5.74, 6) is 0.586. The quantitative estimate of drug-likeness (QED) is 0.854. The summed E-state index contributed by atoms with van der Waals surface area (Å²) in [5, 5.41) is 10.9. The second kappa shape index (κ2) is 3.95. The van der Waals surface area contributed by atoms with Gasteiger partial charge in [0, 0.05) is 12.4 Å². The number of ether oxygens (including phenoxy) is 1. The van der Waals surface area contributed by atoms with Crippen molar-refractivity contribution in [3.8, 4) is 5.88 Å². The molecule has 0 aliphatic heterocycles. The average molecular weight is 236 g/mol. The Balaban J connectivity index is 2.45. The van der Waals surface area contributed by atoms with E-state index < -0.39 is 5.60 Å². The van der Waals surface area contributed by atoms with Crippen molar-refractivity contribution < 1.29 is 9.84 Å². The van der Waals surface area contributed by atoms with Gasteiger partial charge in [-0.25, -0.2) is 4.98 Å². The smallest absolute Gasteiger partial charge is 0.238 e. The van der Waals surface area contributed by atoms with Crippen LogP contribution in [-0.2, 0) is 5.60 Å². The molecule has 1 heterocycles. The van der Waals surface area contributed by atoms with E-state index in [1.165, 1.54) is 0 Å². The van der Waals surface area contributed by atoms with Gasteiger partial charge in [-0.15, -0.1) is 0 Å². The first-order chi connectivity index (χ1) is 7.89. The minimum absolute atomic E-state index is 0.122. The van der Waals surface area contributed by atoms with E-state index in [4.69, 9.17) is 4.74 Å². The number of aliphatic hydroxyl groups is 1. The van der Waals surface area contributed by atoms with Crippen molar-refractivity contribution >= 4 is 0 Å².